The first-order valence-electron chi connectivity index (χ1n) is 3.69. The molecule has 0 aromatic carbocycles. The van der Waals surface area contributed by atoms with Crippen molar-refractivity contribution in [3.8, 4) is 0 Å². The molecule has 1 aliphatic rings. The third-order valence-corrected chi connectivity index (χ3v) is 2.29. The summed E-state index contributed by atoms with van der Waals surface area (Å²) < 4.78 is 0. The van der Waals surface area contributed by atoms with Crippen molar-refractivity contribution in [2.75, 3.05) is 0 Å². The van der Waals surface area contributed by atoms with Crippen LogP contribution in [0.5, 0.6) is 0 Å². The van der Waals surface area contributed by atoms with Crippen LogP contribution in [0.2, 0.25) is 0 Å². The number of aliphatic hydroxyl groups excluding tert-OH is 1. The largest absolute Gasteiger partial charge is 0.393 e. The van der Waals surface area contributed by atoms with Crippen LogP contribution in [0, 0.1) is 11.3 Å². The molecule has 2 atom stereocenters. The first-order chi connectivity index (χ1) is 4.01. The van der Waals surface area contributed by atoms with E-state index in [2.05, 4.69) is 20.8 Å². The summed E-state index contributed by atoms with van der Waals surface area (Å²) in [6, 6.07) is 0. The summed E-state index contributed by atoms with van der Waals surface area (Å²) in [7, 11) is 0. The van der Waals surface area contributed by atoms with Crippen molar-refractivity contribution in [1.82, 2.24) is 0 Å². The van der Waals surface area contributed by atoms with Crippen LogP contribution in [0.4, 0.5) is 0 Å². The molecule has 0 radical (unpaired) electrons. The minimum absolute atomic E-state index is 0.0417. The van der Waals surface area contributed by atoms with Gasteiger partial charge in [-0.25, -0.2) is 0 Å². The predicted molar refractivity (Wildman–Crippen MR) is 38.2 cm³/mol. The van der Waals surface area contributed by atoms with Crippen molar-refractivity contribution in [2.24, 2.45) is 11.3 Å². The van der Waals surface area contributed by atoms with Crippen LogP contribution in [-0.4, -0.2) is 11.2 Å². The van der Waals surface area contributed by atoms with E-state index in [0.717, 1.165) is 6.42 Å². The van der Waals surface area contributed by atoms with E-state index in [0.29, 0.717) is 11.3 Å². The summed E-state index contributed by atoms with van der Waals surface area (Å²) in [4.78, 5) is 0. The molecule has 1 saturated carbocycles. The zero-order valence-corrected chi connectivity index (χ0v) is 6.52. The third kappa shape index (κ3) is 1.45. The molecule has 1 fully saturated rings. The Balaban J connectivity index is 2.54. The van der Waals surface area contributed by atoms with Crippen LogP contribution < -0.4 is 0 Å². The lowest BCUT2D eigenvalue weighted by Crippen LogP contribution is -2.09. The van der Waals surface area contributed by atoms with Gasteiger partial charge in [0, 0.05) is 0 Å². The van der Waals surface area contributed by atoms with Gasteiger partial charge in [-0.15, -0.1) is 0 Å². The van der Waals surface area contributed by atoms with E-state index in [-0.39, 0.29) is 6.10 Å². The average molecular weight is 128 g/mol. The molecular formula is C8H16O. The van der Waals surface area contributed by atoms with E-state index in [4.69, 9.17) is 0 Å². The van der Waals surface area contributed by atoms with Gasteiger partial charge in [-0.3, -0.25) is 0 Å². The highest BCUT2D eigenvalue weighted by molar-refractivity contribution is 4.86. The van der Waals surface area contributed by atoms with Crippen molar-refractivity contribution < 1.29 is 5.11 Å². The summed E-state index contributed by atoms with van der Waals surface area (Å²) in [5.41, 5.74) is 0.388. The molecule has 0 saturated heterocycles. The first kappa shape index (κ1) is 7.07. The Hall–Kier alpha value is -0.0400. The van der Waals surface area contributed by atoms with E-state index in [9.17, 15) is 5.11 Å². The van der Waals surface area contributed by atoms with Crippen molar-refractivity contribution in [3.05, 3.63) is 0 Å². The third-order valence-electron chi connectivity index (χ3n) is 2.29. The highest BCUT2D eigenvalue weighted by atomic mass is 16.3. The average Bonchev–Trinajstić information content (AvgIpc) is 1.79. The minimum Gasteiger partial charge on any atom is -0.393 e. The number of hydrogen-bond donors (Lipinski definition) is 1. The van der Waals surface area contributed by atoms with E-state index in [1.165, 1.54) is 6.42 Å². The first-order valence-corrected chi connectivity index (χ1v) is 3.69. The Kier molecular flexibility index (Phi) is 1.55. The van der Waals surface area contributed by atoms with Crippen LogP contribution in [0.1, 0.15) is 33.6 Å². The standard InChI is InChI=1S/C8H16O/c1-6-4-8(2,3)5-7(6)9/h6-7,9H,4-5H2,1-3H3/t6-,7+/m0/s1. The maximum absolute atomic E-state index is 9.33. The second kappa shape index (κ2) is 1.98. The second-order valence-electron chi connectivity index (χ2n) is 4.12. The monoisotopic (exact) mass is 128 g/mol. The van der Waals surface area contributed by atoms with Crippen molar-refractivity contribution in [2.45, 2.75) is 39.7 Å². The van der Waals surface area contributed by atoms with Gasteiger partial charge in [-0.2, -0.15) is 0 Å². The van der Waals surface area contributed by atoms with E-state index in [1.54, 1.807) is 0 Å². The fraction of sp³-hybridized carbons (Fsp3) is 1.00. The molecule has 1 N–H and O–H groups in total. The SMILES string of the molecule is C[C@H]1CC(C)(C)C[C@H]1O. The quantitative estimate of drug-likeness (QED) is 0.527. The van der Waals surface area contributed by atoms with Gasteiger partial charge in [0.2, 0.25) is 0 Å². The molecule has 0 aliphatic heterocycles. The van der Waals surface area contributed by atoms with E-state index >= 15 is 0 Å². The molecule has 0 bridgehead atoms. The highest BCUT2D eigenvalue weighted by Gasteiger charge is 2.35. The van der Waals surface area contributed by atoms with Gasteiger partial charge >= 0.3 is 0 Å². The van der Waals surface area contributed by atoms with Crippen LogP contribution in [0.25, 0.3) is 0 Å². The van der Waals surface area contributed by atoms with Crippen molar-refractivity contribution >= 4 is 0 Å². The molecule has 0 unspecified atom stereocenters. The molecule has 0 aromatic heterocycles. The highest BCUT2D eigenvalue weighted by Crippen LogP contribution is 2.40. The smallest absolute Gasteiger partial charge is 0.0571 e. The molecule has 0 amide bonds. The maximum atomic E-state index is 9.33. The lowest BCUT2D eigenvalue weighted by atomic mass is 9.91. The van der Waals surface area contributed by atoms with Gasteiger partial charge in [-0.1, -0.05) is 20.8 Å². The zero-order valence-electron chi connectivity index (χ0n) is 6.52. The van der Waals surface area contributed by atoms with Crippen LogP contribution >= 0.6 is 0 Å². The fourth-order valence-corrected chi connectivity index (χ4v) is 1.86. The molecule has 0 spiro atoms. The summed E-state index contributed by atoms with van der Waals surface area (Å²) in [5.74, 6) is 0.514. The van der Waals surface area contributed by atoms with Gasteiger partial charge in [-0.05, 0) is 24.2 Å². The van der Waals surface area contributed by atoms with Gasteiger partial charge in [0.05, 0.1) is 6.10 Å². The number of aliphatic hydroxyl groups is 1. The van der Waals surface area contributed by atoms with Gasteiger partial charge < -0.3 is 5.11 Å². The molecule has 0 aromatic rings. The summed E-state index contributed by atoms with van der Waals surface area (Å²) in [6.45, 7) is 6.57. The van der Waals surface area contributed by atoms with E-state index in [1.807, 2.05) is 0 Å². The van der Waals surface area contributed by atoms with Crippen molar-refractivity contribution in [3.63, 3.8) is 0 Å². The molecular weight excluding hydrogens is 112 g/mol. The molecule has 1 nitrogen and oxygen atoms in total. The molecule has 0 heterocycles. The summed E-state index contributed by atoms with van der Waals surface area (Å²) in [6.07, 6.45) is 2.11. The number of hydrogen-bond acceptors (Lipinski definition) is 1. The van der Waals surface area contributed by atoms with E-state index < -0.39 is 0 Å². The van der Waals surface area contributed by atoms with Crippen LogP contribution in [0.15, 0.2) is 0 Å². The van der Waals surface area contributed by atoms with Crippen molar-refractivity contribution in [1.29, 1.82) is 0 Å². The van der Waals surface area contributed by atoms with Gasteiger partial charge in [0.25, 0.3) is 0 Å². The second-order valence-corrected chi connectivity index (χ2v) is 4.12. The lowest BCUT2D eigenvalue weighted by Gasteiger charge is -2.14. The summed E-state index contributed by atoms with van der Waals surface area (Å²) in [5, 5.41) is 9.33. The molecule has 9 heavy (non-hydrogen) atoms. The zero-order chi connectivity index (χ0) is 7.07. The Morgan fingerprint density at radius 1 is 1.33 bits per heavy atom. The van der Waals surface area contributed by atoms with Gasteiger partial charge in [0.1, 0.15) is 0 Å². The fourth-order valence-electron chi connectivity index (χ4n) is 1.86. The number of rotatable bonds is 0. The molecule has 1 rings (SSSR count). The maximum Gasteiger partial charge on any atom is 0.0571 e. The Bertz CT molecular complexity index is 95.1. The van der Waals surface area contributed by atoms with Crippen LogP contribution in [0.3, 0.4) is 0 Å². The van der Waals surface area contributed by atoms with Crippen LogP contribution in [-0.2, 0) is 0 Å². The Labute approximate surface area is 57.1 Å². The summed E-state index contributed by atoms with van der Waals surface area (Å²) >= 11 is 0. The minimum atomic E-state index is -0.0417. The normalized spacial score (nSPS) is 41.3. The topological polar surface area (TPSA) is 20.2 Å². The van der Waals surface area contributed by atoms with Gasteiger partial charge in [0.15, 0.2) is 0 Å². The Morgan fingerprint density at radius 3 is 2.00 bits per heavy atom. The predicted octanol–water partition coefficient (Wildman–Crippen LogP) is 1.80. The molecule has 1 aliphatic carbocycles. The molecule has 54 valence electrons. The Morgan fingerprint density at radius 2 is 1.89 bits per heavy atom. The lowest BCUT2D eigenvalue weighted by molar-refractivity contribution is 0.135. The molecule has 1 heteroatoms.